The zero-order chi connectivity index (χ0) is 13.3. The molecule has 96 valence electrons. The predicted molar refractivity (Wildman–Crippen MR) is 73.3 cm³/mol. The Bertz CT molecular complexity index is 576. The molecular weight excluding hydrogens is 226 g/mol. The average molecular weight is 245 g/mol. The predicted octanol–water partition coefficient (Wildman–Crippen LogP) is 3.64. The van der Waals surface area contributed by atoms with Gasteiger partial charge in [-0.15, -0.1) is 0 Å². The van der Waals surface area contributed by atoms with Crippen LogP contribution in [0.25, 0.3) is 10.9 Å². The number of benzene rings is 1. The maximum Gasteiger partial charge on any atom is 0.138 e. The molecule has 3 heteroatoms. The molecule has 0 saturated heterocycles. The smallest absolute Gasteiger partial charge is 0.138 e. The molecule has 1 aromatic heterocycles. The van der Waals surface area contributed by atoms with Gasteiger partial charge in [0.1, 0.15) is 11.5 Å². The van der Waals surface area contributed by atoms with E-state index in [0.717, 1.165) is 28.8 Å². The monoisotopic (exact) mass is 245 g/mol. The van der Waals surface area contributed by atoms with Crippen LogP contribution in [0.3, 0.4) is 0 Å². The van der Waals surface area contributed by atoms with Crippen LogP contribution < -0.4 is 4.74 Å². The van der Waals surface area contributed by atoms with Gasteiger partial charge < -0.3 is 9.84 Å². The Morgan fingerprint density at radius 2 is 2.06 bits per heavy atom. The molecule has 0 amide bonds. The zero-order valence-corrected chi connectivity index (χ0v) is 11.3. The van der Waals surface area contributed by atoms with Gasteiger partial charge in [0.25, 0.3) is 0 Å². The highest BCUT2D eigenvalue weighted by Crippen LogP contribution is 2.36. The SMILES string of the molecule is CCC(C)(C)c1nc2cccc(OC)c2cc1O. The summed E-state index contributed by atoms with van der Waals surface area (Å²) in [5, 5.41) is 11.0. The lowest BCUT2D eigenvalue weighted by atomic mass is 9.85. The van der Waals surface area contributed by atoms with E-state index in [4.69, 9.17) is 4.74 Å². The highest BCUT2D eigenvalue weighted by Gasteiger charge is 2.24. The molecule has 0 fully saturated rings. The number of aromatic nitrogens is 1. The Hall–Kier alpha value is -1.77. The van der Waals surface area contributed by atoms with Crippen LogP contribution in [-0.4, -0.2) is 17.2 Å². The zero-order valence-electron chi connectivity index (χ0n) is 11.3. The first-order valence-corrected chi connectivity index (χ1v) is 6.17. The van der Waals surface area contributed by atoms with Crippen molar-refractivity contribution in [3.8, 4) is 11.5 Å². The van der Waals surface area contributed by atoms with Gasteiger partial charge in [0.2, 0.25) is 0 Å². The van der Waals surface area contributed by atoms with Gasteiger partial charge in [-0.2, -0.15) is 0 Å². The Morgan fingerprint density at radius 1 is 1.33 bits per heavy atom. The second-order valence-electron chi connectivity index (χ2n) is 5.12. The van der Waals surface area contributed by atoms with E-state index in [1.807, 2.05) is 18.2 Å². The maximum absolute atomic E-state index is 10.2. The number of fused-ring (bicyclic) bond motifs is 1. The molecule has 18 heavy (non-hydrogen) atoms. The summed E-state index contributed by atoms with van der Waals surface area (Å²) in [5.41, 5.74) is 1.45. The van der Waals surface area contributed by atoms with Crippen LogP contribution in [-0.2, 0) is 5.41 Å². The van der Waals surface area contributed by atoms with Gasteiger partial charge in [0, 0.05) is 10.8 Å². The number of hydrogen-bond donors (Lipinski definition) is 1. The molecule has 0 atom stereocenters. The first kappa shape index (κ1) is 12.7. The summed E-state index contributed by atoms with van der Waals surface area (Å²) in [7, 11) is 1.62. The standard InChI is InChI=1S/C15H19NO2/c1-5-15(2,3)14-12(17)9-10-11(16-14)7-6-8-13(10)18-4/h6-9,17H,5H2,1-4H3. The second kappa shape index (κ2) is 4.48. The highest BCUT2D eigenvalue weighted by molar-refractivity contribution is 5.86. The summed E-state index contributed by atoms with van der Waals surface area (Å²) in [4.78, 5) is 4.60. The normalized spacial score (nSPS) is 11.8. The summed E-state index contributed by atoms with van der Waals surface area (Å²) in [6.07, 6.45) is 0.920. The van der Waals surface area contributed by atoms with E-state index < -0.39 is 0 Å². The highest BCUT2D eigenvalue weighted by atomic mass is 16.5. The maximum atomic E-state index is 10.2. The largest absolute Gasteiger partial charge is 0.506 e. The number of rotatable bonds is 3. The molecule has 3 nitrogen and oxygen atoms in total. The van der Waals surface area contributed by atoms with E-state index in [9.17, 15) is 5.11 Å². The van der Waals surface area contributed by atoms with Crippen molar-refractivity contribution in [3.63, 3.8) is 0 Å². The minimum atomic E-state index is -0.138. The number of nitrogens with zero attached hydrogens (tertiary/aromatic N) is 1. The summed E-state index contributed by atoms with van der Waals surface area (Å²) in [6, 6.07) is 7.46. The molecule has 1 aromatic carbocycles. The lowest BCUT2D eigenvalue weighted by molar-refractivity contribution is 0.413. The Balaban J connectivity index is 2.71. The van der Waals surface area contributed by atoms with Gasteiger partial charge in [-0.25, -0.2) is 4.98 Å². The topological polar surface area (TPSA) is 42.4 Å². The van der Waals surface area contributed by atoms with Gasteiger partial charge in [0.05, 0.1) is 18.3 Å². The van der Waals surface area contributed by atoms with Crippen LogP contribution in [0.5, 0.6) is 11.5 Å². The van der Waals surface area contributed by atoms with Gasteiger partial charge >= 0.3 is 0 Å². The lowest BCUT2D eigenvalue weighted by Crippen LogP contribution is -2.17. The third-order valence-corrected chi connectivity index (χ3v) is 3.54. The van der Waals surface area contributed by atoms with Gasteiger partial charge in [-0.05, 0) is 24.6 Å². The van der Waals surface area contributed by atoms with Crippen LogP contribution in [0.4, 0.5) is 0 Å². The minimum absolute atomic E-state index is 0.138. The molecule has 0 spiro atoms. The fourth-order valence-electron chi connectivity index (χ4n) is 2.00. The summed E-state index contributed by atoms with van der Waals surface area (Å²) >= 11 is 0. The van der Waals surface area contributed by atoms with Crippen molar-refractivity contribution in [1.29, 1.82) is 0 Å². The van der Waals surface area contributed by atoms with Crippen molar-refractivity contribution in [2.24, 2.45) is 0 Å². The first-order chi connectivity index (χ1) is 8.49. The molecule has 2 aromatic rings. The first-order valence-electron chi connectivity index (χ1n) is 6.17. The Labute approximate surface area is 107 Å². The molecule has 0 radical (unpaired) electrons. The number of ether oxygens (including phenoxy) is 1. The molecule has 0 aliphatic rings. The number of methoxy groups -OCH3 is 1. The van der Waals surface area contributed by atoms with Crippen LogP contribution in [0.2, 0.25) is 0 Å². The minimum Gasteiger partial charge on any atom is -0.506 e. The quantitative estimate of drug-likeness (QED) is 0.897. The van der Waals surface area contributed by atoms with Crippen LogP contribution in [0.15, 0.2) is 24.3 Å². The third-order valence-electron chi connectivity index (χ3n) is 3.54. The van der Waals surface area contributed by atoms with E-state index in [1.54, 1.807) is 13.2 Å². The molecule has 0 saturated carbocycles. The summed E-state index contributed by atoms with van der Waals surface area (Å²) in [5.74, 6) is 0.968. The number of pyridine rings is 1. The van der Waals surface area contributed by atoms with E-state index in [-0.39, 0.29) is 11.2 Å². The fraction of sp³-hybridized carbons (Fsp3) is 0.400. The van der Waals surface area contributed by atoms with Crippen molar-refractivity contribution < 1.29 is 9.84 Å². The van der Waals surface area contributed by atoms with Crippen molar-refractivity contribution in [2.75, 3.05) is 7.11 Å². The second-order valence-corrected chi connectivity index (χ2v) is 5.12. The molecule has 1 heterocycles. The van der Waals surface area contributed by atoms with E-state index in [2.05, 4.69) is 25.8 Å². The molecule has 0 aliphatic heterocycles. The molecule has 0 bridgehead atoms. The number of hydrogen-bond acceptors (Lipinski definition) is 3. The molecule has 0 unspecified atom stereocenters. The molecule has 0 aliphatic carbocycles. The number of aromatic hydroxyl groups is 1. The summed E-state index contributed by atoms with van der Waals surface area (Å²) < 4.78 is 5.28. The summed E-state index contributed by atoms with van der Waals surface area (Å²) in [6.45, 7) is 6.26. The van der Waals surface area contributed by atoms with Crippen LogP contribution in [0, 0.1) is 0 Å². The van der Waals surface area contributed by atoms with E-state index in [0.29, 0.717) is 0 Å². The van der Waals surface area contributed by atoms with Gasteiger partial charge in [0.15, 0.2) is 0 Å². The molecular formula is C15H19NO2. The van der Waals surface area contributed by atoms with E-state index in [1.165, 1.54) is 0 Å². The van der Waals surface area contributed by atoms with Crippen molar-refractivity contribution in [1.82, 2.24) is 4.98 Å². The van der Waals surface area contributed by atoms with Crippen molar-refractivity contribution in [2.45, 2.75) is 32.6 Å². The van der Waals surface area contributed by atoms with Crippen LogP contribution >= 0.6 is 0 Å². The van der Waals surface area contributed by atoms with Crippen molar-refractivity contribution >= 4 is 10.9 Å². The Kier molecular flexibility index (Phi) is 3.16. The third kappa shape index (κ3) is 2.01. The molecule has 1 N–H and O–H groups in total. The Morgan fingerprint density at radius 3 is 2.67 bits per heavy atom. The van der Waals surface area contributed by atoms with Crippen molar-refractivity contribution in [3.05, 3.63) is 30.0 Å². The average Bonchev–Trinajstić information content (AvgIpc) is 2.37. The van der Waals surface area contributed by atoms with Gasteiger partial charge in [-0.3, -0.25) is 0 Å². The fourth-order valence-corrected chi connectivity index (χ4v) is 2.00. The lowest BCUT2D eigenvalue weighted by Gasteiger charge is -2.23. The van der Waals surface area contributed by atoms with E-state index >= 15 is 0 Å². The molecule has 2 rings (SSSR count). The van der Waals surface area contributed by atoms with Crippen LogP contribution in [0.1, 0.15) is 32.9 Å². The van der Waals surface area contributed by atoms with Gasteiger partial charge in [-0.1, -0.05) is 26.8 Å².